The Balaban J connectivity index is 2.73. The van der Waals surface area contributed by atoms with E-state index in [1.807, 2.05) is 32.2 Å². The lowest BCUT2D eigenvalue weighted by Crippen LogP contribution is -2.12. The van der Waals surface area contributed by atoms with Crippen molar-refractivity contribution in [3.8, 4) is 0 Å². The molecule has 15 heavy (non-hydrogen) atoms. The lowest BCUT2D eigenvalue weighted by atomic mass is 10.5. The van der Waals surface area contributed by atoms with Crippen LogP contribution in [0.1, 0.15) is 5.82 Å². The van der Waals surface area contributed by atoms with Crippen molar-refractivity contribution in [2.45, 2.75) is 12.1 Å². The SMILES string of the molecule is CSc1nc(N(C)C)c2[nH]c(C)nc2n1. The number of nitrogens with one attached hydrogen (secondary N) is 1. The molecule has 0 unspecified atom stereocenters. The molecule has 0 fully saturated rings. The van der Waals surface area contributed by atoms with E-state index in [-0.39, 0.29) is 0 Å². The van der Waals surface area contributed by atoms with Crippen LogP contribution in [0.2, 0.25) is 0 Å². The summed E-state index contributed by atoms with van der Waals surface area (Å²) in [6.07, 6.45) is 1.96. The number of thioether (sulfide) groups is 1. The van der Waals surface area contributed by atoms with E-state index < -0.39 is 0 Å². The zero-order valence-electron chi connectivity index (χ0n) is 9.20. The largest absolute Gasteiger partial charge is 0.361 e. The summed E-state index contributed by atoms with van der Waals surface area (Å²) in [6.45, 7) is 1.92. The van der Waals surface area contributed by atoms with E-state index in [4.69, 9.17) is 0 Å². The van der Waals surface area contributed by atoms with E-state index in [2.05, 4.69) is 19.9 Å². The van der Waals surface area contributed by atoms with E-state index in [1.54, 1.807) is 0 Å². The molecule has 0 amide bonds. The zero-order valence-corrected chi connectivity index (χ0v) is 10.0. The first kappa shape index (κ1) is 10.2. The fourth-order valence-electron chi connectivity index (χ4n) is 1.39. The van der Waals surface area contributed by atoms with Crippen LogP contribution in [-0.4, -0.2) is 40.3 Å². The Hall–Kier alpha value is -1.30. The van der Waals surface area contributed by atoms with Crippen molar-refractivity contribution >= 4 is 28.7 Å². The molecule has 0 aliphatic rings. The first-order valence-electron chi connectivity index (χ1n) is 4.57. The second-order valence-electron chi connectivity index (χ2n) is 3.45. The fraction of sp³-hybridized carbons (Fsp3) is 0.444. The first-order valence-corrected chi connectivity index (χ1v) is 5.80. The summed E-state index contributed by atoms with van der Waals surface area (Å²) in [4.78, 5) is 18.2. The van der Waals surface area contributed by atoms with Crippen LogP contribution in [0.5, 0.6) is 0 Å². The number of rotatable bonds is 2. The first-order chi connectivity index (χ1) is 7.11. The van der Waals surface area contributed by atoms with Gasteiger partial charge in [0.05, 0.1) is 0 Å². The van der Waals surface area contributed by atoms with Gasteiger partial charge in [0.1, 0.15) is 11.3 Å². The van der Waals surface area contributed by atoms with Gasteiger partial charge >= 0.3 is 0 Å². The third-order valence-electron chi connectivity index (χ3n) is 2.04. The smallest absolute Gasteiger partial charge is 0.191 e. The maximum Gasteiger partial charge on any atom is 0.191 e. The minimum Gasteiger partial charge on any atom is -0.361 e. The van der Waals surface area contributed by atoms with Gasteiger partial charge in [-0.05, 0) is 13.2 Å². The molecule has 1 N–H and O–H groups in total. The van der Waals surface area contributed by atoms with E-state index in [9.17, 15) is 0 Å². The number of imidazole rings is 1. The second-order valence-corrected chi connectivity index (χ2v) is 4.22. The van der Waals surface area contributed by atoms with Crippen LogP contribution in [-0.2, 0) is 0 Å². The molecule has 6 heteroatoms. The van der Waals surface area contributed by atoms with Crippen molar-refractivity contribution < 1.29 is 0 Å². The van der Waals surface area contributed by atoms with Gasteiger partial charge in [-0.2, -0.15) is 0 Å². The summed E-state index contributed by atoms with van der Waals surface area (Å²) < 4.78 is 0. The van der Waals surface area contributed by atoms with E-state index in [1.165, 1.54) is 11.8 Å². The summed E-state index contributed by atoms with van der Waals surface area (Å²) in [5.74, 6) is 1.74. The average Bonchev–Trinajstić information content (AvgIpc) is 2.55. The maximum absolute atomic E-state index is 4.44. The van der Waals surface area contributed by atoms with E-state index in [0.717, 1.165) is 28.0 Å². The molecule has 2 rings (SSSR count). The Bertz CT molecular complexity index is 490. The number of aromatic amines is 1. The molecule has 0 saturated carbocycles. The van der Waals surface area contributed by atoms with Crippen LogP contribution in [0.3, 0.4) is 0 Å². The highest BCUT2D eigenvalue weighted by molar-refractivity contribution is 7.98. The Morgan fingerprint density at radius 3 is 2.53 bits per heavy atom. The van der Waals surface area contributed by atoms with Gasteiger partial charge in [-0.15, -0.1) is 0 Å². The lowest BCUT2D eigenvalue weighted by Gasteiger charge is -2.12. The van der Waals surface area contributed by atoms with Crippen molar-refractivity contribution in [1.29, 1.82) is 0 Å². The Morgan fingerprint density at radius 2 is 1.93 bits per heavy atom. The number of fused-ring (bicyclic) bond motifs is 1. The molecule has 2 aromatic heterocycles. The topological polar surface area (TPSA) is 57.7 Å². The Kier molecular flexibility index (Phi) is 2.52. The van der Waals surface area contributed by atoms with Gasteiger partial charge in [-0.3, -0.25) is 0 Å². The predicted octanol–water partition coefficient (Wildman–Crippen LogP) is 1.45. The summed E-state index contributed by atoms with van der Waals surface area (Å²) in [6, 6.07) is 0. The minimum absolute atomic E-state index is 0.732. The molecule has 0 aliphatic carbocycles. The number of anilines is 1. The van der Waals surface area contributed by atoms with Gasteiger partial charge in [-0.1, -0.05) is 11.8 Å². The summed E-state index contributed by atoms with van der Waals surface area (Å²) in [5.41, 5.74) is 1.63. The highest BCUT2D eigenvalue weighted by atomic mass is 32.2. The molecule has 2 heterocycles. The molecule has 0 aliphatic heterocycles. The van der Waals surface area contributed by atoms with Crippen LogP contribution in [0.25, 0.3) is 11.2 Å². The van der Waals surface area contributed by atoms with Crippen molar-refractivity contribution in [2.24, 2.45) is 0 Å². The average molecular weight is 223 g/mol. The molecule has 5 nitrogen and oxygen atoms in total. The van der Waals surface area contributed by atoms with E-state index >= 15 is 0 Å². The number of hydrogen-bond acceptors (Lipinski definition) is 5. The summed E-state index contributed by atoms with van der Waals surface area (Å²) in [7, 11) is 3.92. The van der Waals surface area contributed by atoms with Crippen LogP contribution in [0.15, 0.2) is 5.16 Å². The molecule has 0 atom stereocenters. The number of aryl methyl sites for hydroxylation is 1. The van der Waals surface area contributed by atoms with Gasteiger partial charge in [0, 0.05) is 14.1 Å². The van der Waals surface area contributed by atoms with Gasteiger partial charge in [-0.25, -0.2) is 15.0 Å². The van der Waals surface area contributed by atoms with E-state index in [0.29, 0.717) is 0 Å². The van der Waals surface area contributed by atoms with Crippen LogP contribution >= 0.6 is 11.8 Å². The van der Waals surface area contributed by atoms with Crippen LogP contribution in [0, 0.1) is 6.92 Å². The maximum atomic E-state index is 4.44. The number of nitrogens with zero attached hydrogens (tertiary/aromatic N) is 4. The third-order valence-corrected chi connectivity index (χ3v) is 2.58. The molecular formula is C9H13N5S. The third kappa shape index (κ3) is 1.77. The molecule has 0 aromatic carbocycles. The van der Waals surface area contributed by atoms with Gasteiger partial charge < -0.3 is 9.88 Å². The monoisotopic (exact) mass is 223 g/mol. The standard InChI is InChI=1S/C9H13N5S/c1-5-10-6-7(11-5)12-9(15-4)13-8(6)14(2)3/h1-4H3,(H,10,11,12,13). The molecule has 0 saturated heterocycles. The number of H-pyrrole nitrogens is 1. The second kappa shape index (κ2) is 3.69. The van der Waals surface area contributed by atoms with Crippen molar-refractivity contribution in [3.63, 3.8) is 0 Å². The van der Waals surface area contributed by atoms with Crippen molar-refractivity contribution in [3.05, 3.63) is 5.82 Å². The Labute approximate surface area is 92.3 Å². The molecule has 0 radical (unpaired) electrons. The van der Waals surface area contributed by atoms with Crippen LogP contribution < -0.4 is 4.90 Å². The molecule has 0 spiro atoms. The highest BCUT2D eigenvalue weighted by Gasteiger charge is 2.12. The van der Waals surface area contributed by atoms with Gasteiger partial charge in [0.2, 0.25) is 0 Å². The normalized spacial score (nSPS) is 10.9. The molecule has 80 valence electrons. The molecular weight excluding hydrogens is 210 g/mol. The quantitative estimate of drug-likeness (QED) is 0.617. The Morgan fingerprint density at radius 1 is 1.20 bits per heavy atom. The fourth-order valence-corrected chi connectivity index (χ4v) is 1.75. The zero-order chi connectivity index (χ0) is 11.0. The predicted molar refractivity (Wildman–Crippen MR) is 62.5 cm³/mol. The van der Waals surface area contributed by atoms with Crippen LogP contribution in [0.4, 0.5) is 5.82 Å². The molecule has 2 aromatic rings. The summed E-state index contributed by atoms with van der Waals surface area (Å²) in [5, 5.41) is 0.748. The van der Waals surface area contributed by atoms with Gasteiger partial charge in [0.25, 0.3) is 0 Å². The number of aromatic nitrogens is 4. The minimum atomic E-state index is 0.732. The lowest BCUT2D eigenvalue weighted by molar-refractivity contribution is 0.953. The number of hydrogen-bond donors (Lipinski definition) is 1. The highest BCUT2D eigenvalue weighted by Crippen LogP contribution is 2.23. The van der Waals surface area contributed by atoms with Crippen molar-refractivity contribution in [1.82, 2.24) is 19.9 Å². The summed E-state index contributed by atoms with van der Waals surface area (Å²) >= 11 is 1.52. The van der Waals surface area contributed by atoms with Gasteiger partial charge in [0.15, 0.2) is 16.6 Å². The van der Waals surface area contributed by atoms with Crippen molar-refractivity contribution in [2.75, 3.05) is 25.3 Å². The molecule has 0 bridgehead atoms.